The Morgan fingerprint density at radius 2 is 1.73 bits per heavy atom. The molecule has 8 heteroatoms. The number of carbonyl (C=O) groups is 1. The lowest BCUT2D eigenvalue weighted by Crippen LogP contribution is -2.41. The van der Waals surface area contributed by atoms with Crippen LogP contribution in [0.15, 0.2) is 47.4 Å². The summed E-state index contributed by atoms with van der Waals surface area (Å²) < 4.78 is 39.5. The fraction of sp³-hybridized carbons (Fsp3) is 0.480. The van der Waals surface area contributed by atoms with Crippen LogP contribution >= 0.6 is 0 Å². The van der Waals surface area contributed by atoms with Crippen molar-refractivity contribution >= 4 is 21.6 Å². The number of benzene rings is 2. The summed E-state index contributed by atoms with van der Waals surface area (Å²) >= 11 is 0. The second-order valence-corrected chi connectivity index (χ2v) is 10.3. The quantitative estimate of drug-likeness (QED) is 0.498. The third-order valence-electron chi connectivity index (χ3n) is 5.80. The highest BCUT2D eigenvalue weighted by Gasteiger charge is 2.29. The number of hydrogen-bond donors (Lipinski definition) is 1. The van der Waals surface area contributed by atoms with Crippen LogP contribution in [-0.4, -0.2) is 47.2 Å². The average Bonchev–Trinajstić information content (AvgIpc) is 3.31. The molecule has 1 saturated carbocycles. The Morgan fingerprint density at radius 3 is 2.39 bits per heavy atom. The Bertz CT molecular complexity index is 1030. The molecule has 0 saturated heterocycles. The minimum atomic E-state index is -3.99. The third-order valence-corrected chi connectivity index (χ3v) is 7.57. The lowest BCUT2D eigenvalue weighted by molar-refractivity contribution is -0.119. The Hall–Kier alpha value is -2.58. The van der Waals surface area contributed by atoms with Gasteiger partial charge in [0.25, 0.3) is 10.0 Å². The van der Waals surface area contributed by atoms with Crippen LogP contribution in [0.25, 0.3) is 0 Å². The number of ether oxygens (including phenoxy) is 2. The molecule has 3 rings (SSSR count). The van der Waals surface area contributed by atoms with Gasteiger partial charge in [-0.1, -0.05) is 36.6 Å². The van der Waals surface area contributed by atoms with Gasteiger partial charge in [-0.15, -0.1) is 0 Å². The molecule has 2 aromatic carbocycles. The maximum Gasteiger partial charge on any atom is 0.264 e. The van der Waals surface area contributed by atoms with Gasteiger partial charge in [0.1, 0.15) is 12.3 Å². The van der Waals surface area contributed by atoms with Gasteiger partial charge in [-0.25, -0.2) is 8.42 Å². The molecule has 0 radical (unpaired) electrons. The van der Waals surface area contributed by atoms with Gasteiger partial charge in [0.05, 0.1) is 23.8 Å². The zero-order valence-electron chi connectivity index (χ0n) is 19.7. The summed E-state index contributed by atoms with van der Waals surface area (Å²) in [5.74, 6) is 0.00385. The van der Waals surface area contributed by atoms with Crippen molar-refractivity contribution in [1.29, 1.82) is 0 Å². The second-order valence-electron chi connectivity index (χ2n) is 8.48. The van der Waals surface area contributed by atoms with E-state index in [1.54, 1.807) is 36.4 Å². The topological polar surface area (TPSA) is 84.9 Å². The molecule has 0 spiro atoms. The fourth-order valence-corrected chi connectivity index (χ4v) is 5.35. The van der Waals surface area contributed by atoms with Gasteiger partial charge >= 0.3 is 0 Å². The van der Waals surface area contributed by atoms with Gasteiger partial charge < -0.3 is 14.8 Å². The van der Waals surface area contributed by atoms with Crippen molar-refractivity contribution in [2.45, 2.75) is 57.0 Å². The Balaban J connectivity index is 1.74. The van der Waals surface area contributed by atoms with Crippen molar-refractivity contribution in [3.05, 3.63) is 53.6 Å². The molecule has 180 valence electrons. The first-order valence-electron chi connectivity index (χ1n) is 11.4. The van der Waals surface area contributed by atoms with Crippen molar-refractivity contribution in [2.24, 2.45) is 0 Å². The monoisotopic (exact) mass is 474 g/mol. The van der Waals surface area contributed by atoms with E-state index in [2.05, 4.69) is 5.32 Å². The van der Waals surface area contributed by atoms with E-state index in [0.717, 1.165) is 28.3 Å². The van der Waals surface area contributed by atoms with E-state index in [9.17, 15) is 13.2 Å². The van der Waals surface area contributed by atoms with Crippen LogP contribution in [0.5, 0.6) is 5.75 Å². The van der Waals surface area contributed by atoms with Crippen molar-refractivity contribution < 1.29 is 22.7 Å². The molecule has 1 fully saturated rings. The molecule has 1 N–H and O–H groups in total. The van der Waals surface area contributed by atoms with Crippen LogP contribution in [0.1, 0.15) is 43.2 Å². The summed E-state index contributed by atoms with van der Waals surface area (Å²) in [5.41, 5.74) is 2.14. The van der Waals surface area contributed by atoms with Crippen LogP contribution in [0.2, 0.25) is 0 Å². The van der Waals surface area contributed by atoms with E-state index in [-0.39, 0.29) is 17.3 Å². The summed E-state index contributed by atoms with van der Waals surface area (Å²) in [6.45, 7) is 4.42. The number of nitrogens with one attached hydrogen (secondary N) is 1. The molecule has 1 amide bonds. The molecular weight excluding hydrogens is 440 g/mol. The molecule has 1 aliphatic carbocycles. The smallest absolute Gasteiger partial charge is 0.264 e. The van der Waals surface area contributed by atoms with Gasteiger partial charge in [0, 0.05) is 13.2 Å². The number of carbonyl (C=O) groups excluding carboxylic acids is 1. The predicted molar refractivity (Wildman–Crippen MR) is 129 cm³/mol. The molecule has 1 aliphatic rings. The third kappa shape index (κ3) is 6.71. The average molecular weight is 475 g/mol. The molecule has 0 unspecified atom stereocenters. The number of sulfonamides is 1. The Morgan fingerprint density at radius 1 is 1.06 bits per heavy atom. The first-order chi connectivity index (χ1) is 15.8. The standard InChI is InChI=1S/C25H34N2O5S/c1-19-9-12-22(13-10-19)33(29,30)27(23-17-20(2)11-14-24(23)31-3)18-25(28)26-15-6-16-32-21-7-4-5-8-21/h9-14,17,21H,4-8,15-16,18H2,1-3H3,(H,26,28). The fourth-order valence-electron chi connectivity index (χ4n) is 3.92. The van der Waals surface area contributed by atoms with Crippen molar-refractivity contribution in [1.82, 2.24) is 5.32 Å². The van der Waals surface area contributed by atoms with Gasteiger partial charge in [-0.2, -0.15) is 0 Å². The maximum absolute atomic E-state index is 13.6. The number of amides is 1. The first-order valence-corrected chi connectivity index (χ1v) is 12.9. The summed E-state index contributed by atoms with van der Waals surface area (Å²) in [5, 5.41) is 2.83. The highest BCUT2D eigenvalue weighted by molar-refractivity contribution is 7.92. The van der Waals surface area contributed by atoms with Crippen LogP contribution in [0.3, 0.4) is 0 Å². The molecule has 0 atom stereocenters. The summed E-state index contributed by atoms with van der Waals surface area (Å²) in [6, 6.07) is 11.8. The lowest BCUT2D eigenvalue weighted by atomic mass is 10.2. The molecule has 0 heterocycles. The van der Waals surface area contributed by atoms with E-state index in [1.165, 1.54) is 20.0 Å². The van der Waals surface area contributed by atoms with Crippen LogP contribution in [-0.2, 0) is 19.6 Å². The van der Waals surface area contributed by atoms with Gasteiger partial charge in [-0.05, 0) is 62.9 Å². The van der Waals surface area contributed by atoms with E-state index in [0.29, 0.717) is 37.1 Å². The van der Waals surface area contributed by atoms with E-state index in [4.69, 9.17) is 9.47 Å². The summed E-state index contributed by atoms with van der Waals surface area (Å²) in [6.07, 6.45) is 5.67. The number of methoxy groups -OCH3 is 1. The number of nitrogens with zero attached hydrogens (tertiary/aromatic N) is 1. The van der Waals surface area contributed by atoms with Crippen LogP contribution in [0, 0.1) is 13.8 Å². The molecule has 7 nitrogen and oxygen atoms in total. The zero-order chi connectivity index (χ0) is 23.8. The largest absolute Gasteiger partial charge is 0.495 e. The SMILES string of the molecule is COc1ccc(C)cc1N(CC(=O)NCCCOC1CCCC1)S(=O)(=O)c1ccc(C)cc1. The van der Waals surface area contributed by atoms with Gasteiger partial charge in [0.15, 0.2) is 0 Å². The lowest BCUT2D eigenvalue weighted by Gasteiger charge is -2.26. The summed E-state index contributed by atoms with van der Waals surface area (Å²) in [4.78, 5) is 12.9. The van der Waals surface area contributed by atoms with E-state index in [1.807, 2.05) is 19.9 Å². The normalized spacial score (nSPS) is 14.3. The van der Waals surface area contributed by atoms with Crippen molar-refractivity contribution in [3.8, 4) is 5.75 Å². The molecular formula is C25H34N2O5S. The van der Waals surface area contributed by atoms with Crippen molar-refractivity contribution in [3.63, 3.8) is 0 Å². The molecule has 0 aromatic heterocycles. The van der Waals surface area contributed by atoms with Gasteiger partial charge in [0.2, 0.25) is 5.91 Å². The predicted octanol–water partition coefficient (Wildman–Crippen LogP) is 3.97. The molecule has 0 aliphatic heterocycles. The maximum atomic E-state index is 13.6. The molecule has 33 heavy (non-hydrogen) atoms. The minimum Gasteiger partial charge on any atom is -0.495 e. The Kier molecular flexibility index (Phi) is 8.74. The van der Waals surface area contributed by atoms with E-state index < -0.39 is 10.0 Å². The van der Waals surface area contributed by atoms with E-state index >= 15 is 0 Å². The second kappa shape index (κ2) is 11.5. The highest BCUT2D eigenvalue weighted by atomic mass is 32.2. The number of rotatable bonds is 11. The summed E-state index contributed by atoms with van der Waals surface area (Å²) in [7, 11) is -2.51. The number of aryl methyl sites for hydroxylation is 2. The van der Waals surface area contributed by atoms with Crippen molar-refractivity contribution in [2.75, 3.05) is 31.1 Å². The zero-order valence-corrected chi connectivity index (χ0v) is 20.5. The minimum absolute atomic E-state index is 0.120. The van der Waals surface area contributed by atoms with Crippen LogP contribution in [0.4, 0.5) is 5.69 Å². The number of hydrogen-bond acceptors (Lipinski definition) is 5. The van der Waals surface area contributed by atoms with Crippen LogP contribution < -0.4 is 14.4 Å². The molecule has 2 aromatic rings. The number of anilines is 1. The highest BCUT2D eigenvalue weighted by Crippen LogP contribution is 2.33. The van der Waals surface area contributed by atoms with Gasteiger partial charge in [-0.3, -0.25) is 9.10 Å². The Labute approximate surface area is 197 Å². The first kappa shape index (κ1) is 25.1. The molecule has 0 bridgehead atoms.